The Morgan fingerprint density at radius 1 is 1.30 bits per heavy atom. The van der Waals surface area contributed by atoms with Gasteiger partial charge in [-0.3, -0.25) is 9.59 Å². The fourth-order valence-corrected chi connectivity index (χ4v) is 2.15. The number of carbonyl (C=O) groups is 2. The topological polar surface area (TPSA) is 91.6 Å². The van der Waals surface area contributed by atoms with Crippen molar-refractivity contribution < 1.29 is 23.5 Å². The van der Waals surface area contributed by atoms with Gasteiger partial charge in [-0.2, -0.15) is 0 Å². The second kappa shape index (κ2) is 7.75. The minimum atomic E-state index is -0.804. The Hall–Kier alpha value is -2.38. The van der Waals surface area contributed by atoms with Crippen LogP contribution in [0.3, 0.4) is 0 Å². The summed E-state index contributed by atoms with van der Waals surface area (Å²) in [7, 11) is 0. The molecule has 0 fully saturated rings. The Kier molecular flexibility index (Phi) is 5.72. The fourth-order valence-electron chi connectivity index (χ4n) is 1.91. The monoisotopic (exact) mass is 340 g/mol. The molecule has 1 atom stereocenters. The van der Waals surface area contributed by atoms with Crippen molar-refractivity contribution in [3.8, 4) is 0 Å². The van der Waals surface area contributed by atoms with Gasteiger partial charge >= 0.3 is 0 Å². The molecule has 1 aromatic carbocycles. The highest BCUT2D eigenvalue weighted by Crippen LogP contribution is 2.18. The van der Waals surface area contributed by atoms with Gasteiger partial charge in [-0.05, 0) is 24.3 Å². The number of furan rings is 1. The zero-order chi connectivity index (χ0) is 16.8. The van der Waals surface area contributed by atoms with Crippen molar-refractivity contribution in [2.75, 3.05) is 13.2 Å². The Morgan fingerprint density at radius 2 is 2.09 bits per heavy atom. The van der Waals surface area contributed by atoms with Crippen molar-refractivity contribution >= 4 is 23.4 Å². The third-order valence-corrected chi connectivity index (χ3v) is 3.32. The Labute approximate surface area is 136 Å². The molecule has 8 heteroatoms. The van der Waals surface area contributed by atoms with E-state index in [-0.39, 0.29) is 17.2 Å². The Bertz CT molecular complexity index is 671. The number of rotatable bonds is 6. The molecule has 0 aliphatic rings. The molecule has 122 valence electrons. The maximum Gasteiger partial charge on any atom is 0.256 e. The molecule has 0 bridgehead atoms. The maximum absolute atomic E-state index is 13.6. The summed E-state index contributed by atoms with van der Waals surface area (Å²) in [5, 5.41) is 13.9. The summed E-state index contributed by atoms with van der Waals surface area (Å²) in [5.41, 5.74) is -0.327. The number of aliphatic hydroxyl groups excluding tert-OH is 1. The summed E-state index contributed by atoms with van der Waals surface area (Å²) < 4.78 is 18.7. The summed E-state index contributed by atoms with van der Waals surface area (Å²) in [4.78, 5) is 23.7. The molecule has 0 aliphatic carbocycles. The first-order chi connectivity index (χ1) is 11.0. The lowest BCUT2D eigenvalue weighted by Gasteiger charge is -2.14. The van der Waals surface area contributed by atoms with Crippen molar-refractivity contribution in [1.29, 1.82) is 0 Å². The third kappa shape index (κ3) is 4.30. The number of halogens is 2. The molecular weight excluding hydrogens is 327 g/mol. The van der Waals surface area contributed by atoms with Crippen LogP contribution in [0.4, 0.5) is 4.39 Å². The quantitative estimate of drug-likeness (QED) is 0.745. The largest absolute Gasteiger partial charge is 0.467 e. The van der Waals surface area contributed by atoms with Crippen LogP contribution in [0, 0.1) is 5.82 Å². The number of aliphatic hydroxyl groups is 1. The first-order valence-electron chi connectivity index (χ1n) is 6.68. The lowest BCUT2D eigenvalue weighted by molar-refractivity contribution is -0.121. The standard InChI is InChI=1S/C15H14ClFN2O4/c16-9-3-1-4-10(17)14(9)15(22)18-7-13(21)19-11(8-20)12-5-2-6-23-12/h1-6,11,20H,7-8H2,(H,18,22)(H,19,21). The van der Waals surface area contributed by atoms with E-state index < -0.39 is 30.2 Å². The van der Waals surface area contributed by atoms with E-state index in [0.29, 0.717) is 5.76 Å². The van der Waals surface area contributed by atoms with E-state index >= 15 is 0 Å². The van der Waals surface area contributed by atoms with E-state index in [1.165, 1.54) is 18.4 Å². The van der Waals surface area contributed by atoms with Crippen molar-refractivity contribution in [2.24, 2.45) is 0 Å². The molecule has 2 aromatic rings. The van der Waals surface area contributed by atoms with E-state index in [4.69, 9.17) is 16.0 Å². The predicted octanol–water partition coefficient (Wildman–Crippen LogP) is 1.65. The van der Waals surface area contributed by atoms with Crippen LogP contribution in [0.15, 0.2) is 41.0 Å². The molecule has 3 N–H and O–H groups in total. The van der Waals surface area contributed by atoms with Gasteiger partial charge in [0.05, 0.1) is 30.0 Å². The van der Waals surface area contributed by atoms with Gasteiger partial charge in [0.25, 0.3) is 5.91 Å². The molecule has 6 nitrogen and oxygen atoms in total. The lowest BCUT2D eigenvalue weighted by atomic mass is 10.2. The predicted molar refractivity (Wildman–Crippen MR) is 80.4 cm³/mol. The Balaban J connectivity index is 1.92. The van der Waals surface area contributed by atoms with Crippen LogP contribution in [0.2, 0.25) is 5.02 Å². The molecule has 23 heavy (non-hydrogen) atoms. The first-order valence-corrected chi connectivity index (χ1v) is 7.06. The van der Waals surface area contributed by atoms with Crippen LogP contribution in [-0.4, -0.2) is 30.1 Å². The molecular formula is C15H14ClFN2O4. The van der Waals surface area contributed by atoms with E-state index in [0.717, 1.165) is 6.07 Å². The summed E-state index contributed by atoms with van der Waals surface area (Å²) in [6.07, 6.45) is 1.41. The van der Waals surface area contributed by atoms with E-state index in [1.54, 1.807) is 12.1 Å². The van der Waals surface area contributed by atoms with Gasteiger partial charge in [0.15, 0.2) is 0 Å². The molecule has 0 saturated heterocycles. The smallest absolute Gasteiger partial charge is 0.256 e. The van der Waals surface area contributed by atoms with Crippen molar-refractivity contribution in [1.82, 2.24) is 10.6 Å². The van der Waals surface area contributed by atoms with Gasteiger partial charge < -0.3 is 20.2 Å². The van der Waals surface area contributed by atoms with Crippen molar-refractivity contribution in [3.05, 3.63) is 58.8 Å². The second-order valence-electron chi connectivity index (χ2n) is 4.60. The van der Waals surface area contributed by atoms with Crippen LogP contribution in [0.25, 0.3) is 0 Å². The highest BCUT2D eigenvalue weighted by Gasteiger charge is 2.19. The van der Waals surface area contributed by atoms with Crippen LogP contribution in [-0.2, 0) is 4.79 Å². The Morgan fingerprint density at radius 3 is 2.70 bits per heavy atom. The number of benzene rings is 1. The third-order valence-electron chi connectivity index (χ3n) is 3.00. The first kappa shape index (κ1) is 17.0. The normalized spacial score (nSPS) is 11.8. The summed E-state index contributed by atoms with van der Waals surface area (Å²) in [6.45, 7) is -0.771. The van der Waals surface area contributed by atoms with Crippen LogP contribution in [0.5, 0.6) is 0 Å². The SMILES string of the molecule is O=C(CNC(=O)c1c(F)cccc1Cl)NC(CO)c1ccco1. The molecule has 0 aliphatic heterocycles. The number of hydrogen-bond donors (Lipinski definition) is 3. The van der Waals surface area contributed by atoms with Crippen molar-refractivity contribution in [2.45, 2.75) is 6.04 Å². The second-order valence-corrected chi connectivity index (χ2v) is 5.00. The van der Waals surface area contributed by atoms with Gasteiger partial charge in [0.2, 0.25) is 5.91 Å². The highest BCUT2D eigenvalue weighted by atomic mass is 35.5. The minimum absolute atomic E-state index is 0.0493. The average Bonchev–Trinajstić information content (AvgIpc) is 3.04. The van der Waals surface area contributed by atoms with Gasteiger partial charge in [0, 0.05) is 0 Å². The van der Waals surface area contributed by atoms with Crippen LogP contribution in [0.1, 0.15) is 22.2 Å². The zero-order valence-corrected chi connectivity index (χ0v) is 12.6. The lowest BCUT2D eigenvalue weighted by Crippen LogP contribution is -2.39. The van der Waals surface area contributed by atoms with E-state index in [1.807, 2.05) is 0 Å². The van der Waals surface area contributed by atoms with E-state index in [2.05, 4.69) is 10.6 Å². The minimum Gasteiger partial charge on any atom is -0.467 e. The van der Waals surface area contributed by atoms with Gasteiger partial charge in [0.1, 0.15) is 17.6 Å². The fraction of sp³-hybridized carbons (Fsp3) is 0.200. The van der Waals surface area contributed by atoms with Crippen molar-refractivity contribution in [3.63, 3.8) is 0 Å². The zero-order valence-electron chi connectivity index (χ0n) is 11.9. The summed E-state index contributed by atoms with van der Waals surface area (Å²) in [5.74, 6) is -1.77. The molecule has 0 saturated carbocycles. The number of hydrogen-bond acceptors (Lipinski definition) is 4. The number of nitrogens with one attached hydrogen (secondary N) is 2. The summed E-state index contributed by atoms with van der Waals surface area (Å²) in [6, 6.07) is 6.32. The highest BCUT2D eigenvalue weighted by molar-refractivity contribution is 6.33. The number of amides is 2. The average molecular weight is 341 g/mol. The van der Waals surface area contributed by atoms with Gasteiger partial charge in [-0.25, -0.2) is 4.39 Å². The van der Waals surface area contributed by atoms with Gasteiger partial charge in [-0.15, -0.1) is 0 Å². The molecule has 0 radical (unpaired) electrons. The molecule has 1 unspecified atom stereocenters. The maximum atomic E-state index is 13.6. The van der Waals surface area contributed by atoms with Crippen LogP contribution >= 0.6 is 11.6 Å². The molecule has 1 heterocycles. The van der Waals surface area contributed by atoms with E-state index in [9.17, 15) is 19.1 Å². The van der Waals surface area contributed by atoms with Gasteiger partial charge in [-0.1, -0.05) is 17.7 Å². The molecule has 1 aromatic heterocycles. The summed E-state index contributed by atoms with van der Waals surface area (Å²) >= 11 is 5.77. The molecule has 0 spiro atoms. The molecule has 2 amide bonds. The number of carbonyl (C=O) groups excluding carboxylic acids is 2. The molecule has 2 rings (SSSR count). The van der Waals surface area contributed by atoms with Crippen LogP contribution < -0.4 is 10.6 Å².